The Hall–Kier alpha value is -2.90. The van der Waals surface area contributed by atoms with Crippen LogP contribution in [-0.4, -0.2) is 71.6 Å². The number of para-hydroxylation sites is 1. The van der Waals surface area contributed by atoms with E-state index in [4.69, 9.17) is 4.74 Å². The summed E-state index contributed by atoms with van der Waals surface area (Å²) in [6.45, 7) is 6.99. The van der Waals surface area contributed by atoms with E-state index in [1.807, 2.05) is 19.1 Å². The van der Waals surface area contributed by atoms with Gasteiger partial charge >= 0.3 is 0 Å². The second kappa shape index (κ2) is 11.4. The summed E-state index contributed by atoms with van der Waals surface area (Å²) in [5.74, 6) is 1.22. The van der Waals surface area contributed by atoms with Gasteiger partial charge in [0.15, 0.2) is 0 Å². The largest absolute Gasteiger partial charge is 0.492 e. The summed E-state index contributed by atoms with van der Waals surface area (Å²) < 4.78 is 6.11. The second-order valence-electron chi connectivity index (χ2n) is 10.7. The topological polar surface area (TPSA) is 73.5 Å². The first kappa shape index (κ1) is 24.8. The third kappa shape index (κ3) is 6.08. The van der Waals surface area contributed by atoms with Crippen LogP contribution in [0.5, 0.6) is 5.75 Å². The molecule has 4 heterocycles. The number of hydrogen-bond donors (Lipinski definition) is 2. The molecule has 192 valence electrons. The molecule has 0 saturated carbocycles. The maximum Gasteiger partial charge on any atom is 0.224 e. The van der Waals surface area contributed by atoms with Crippen molar-refractivity contribution in [3.05, 3.63) is 60.0 Å². The monoisotopic (exact) mass is 489 g/mol. The van der Waals surface area contributed by atoms with Gasteiger partial charge in [-0.2, -0.15) is 0 Å². The fraction of sp³-hybridized carbons (Fsp3) is 0.517. The van der Waals surface area contributed by atoms with Crippen molar-refractivity contribution >= 4 is 16.8 Å². The summed E-state index contributed by atoms with van der Waals surface area (Å²) in [5.41, 5.74) is 3.41. The highest BCUT2D eigenvalue weighted by molar-refractivity contribution is 5.83. The van der Waals surface area contributed by atoms with Crippen molar-refractivity contribution in [2.45, 2.75) is 45.2 Å². The maximum absolute atomic E-state index is 13.3. The van der Waals surface area contributed by atoms with Crippen LogP contribution in [0, 0.1) is 18.8 Å². The Morgan fingerprint density at radius 1 is 1.22 bits per heavy atom. The van der Waals surface area contributed by atoms with Crippen molar-refractivity contribution in [1.82, 2.24) is 25.1 Å². The molecule has 7 nitrogen and oxygen atoms in total. The minimum atomic E-state index is -0.0324. The average molecular weight is 490 g/mol. The van der Waals surface area contributed by atoms with Gasteiger partial charge in [-0.25, -0.2) is 0 Å². The molecule has 1 aromatic carbocycles. The van der Waals surface area contributed by atoms with Crippen LogP contribution in [0.2, 0.25) is 0 Å². The van der Waals surface area contributed by atoms with E-state index in [1.165, 1.54) is 30.3 Å². The molecule has 1 unspecified atom stereocenters. The molecule has 2 aliphatic rings. The number of rotatable bonds is 9. The Labute approximate surface area is 214 Å². The molecule has 2 aromatic heterocycles. The molecule has 7 heteroatoms. The van der Waals surface area contributed by atoms with Crippen LogP contribution in [-0.2, 0) is 11.3 Å². The van der Waals surface area contributed by atoms with Crippen LogP contribution in [0.1, 0.15) is 36.9 Å². The summed E-state index contributed by atoms with van der Waals surface area (Å²) in [6, 6.07) is 13.0. The molecule has 2 saturated heterocycles. The number of aryl methyl sites for hydroxylation is 1. The summed E-state index contributed by atoms with van der Waals surface area (Å²) in [5, 5.41) is 4.51. The predicted molar refractivity (Wildman–Crippen MR) is 143 cm³/mol. The molecule has 3 aromatic rings. The number of hydrogen-bond acceptors (Lipinski definition) is 5. The highest BCUT2D eigenvalue weighted by Gasteiger charge is 2.32. The van der Waals surface area contributed by atoms with E-state index in [1.54, 1.807) is 6.20 Å². The van der Waals surface area contributed by atoms with E-state index in [0.717, 1.165) is 56.0 Å². The van der Waals surface area contributed by atoms with Crippen LogP contribution in [0.3, 0.4) is 0 Å². The quantitative estimate of drug-likeness (QED) is 0.476. The molecular formula is C29H39N5O2. The van der Waals surface area contributed by atoms with Crippen LogP contribution >= 0.6 is 0 Å². The van der Waals surface area contributed by atoms with Crippen LogP contribution < -0.4 is 10.1 Å². The van der Waals surface area contributed by atoms with Gasteiger partial charge in [-0.05, 0) is 70.0 Å². The fourth-order valence-corrected chi connectivity index (χ4v) is 5.85. The number of aromatic amines is 1. The van der Waals surface area contributed by atoms with Crippen molar-refractivity contribution in [3.8, 4) is 5.75 Å². The molecule has 2 N–H and O–H groups in total. The smallest absolute Gasteiger partial charge is 0.224 e. The predicted octanol–water partition coefficient (Wildman–Crippen LogP) is 3.99. The molecular weight excluding hydrogens is 450 g/mol. The number of aromatic nitrogens is 2. The van der Waals surface area contributed by atoms with E-state index in [-0.39, 0.29) is 17.7 Å². The van der Waals surface area contributed by atoms with E-state index in [9.17, 15) is 4.79 Å². The van der Waals surface area contributed by atoms with Gasteiger partial charge in [0.25, 0.3) is 0 Å². The van der Waals surface area contributed by atoms with Crippen molar-refractivity contribution in [1.29, 1.82) is 0 Å². The second-order valence-corrected chi connectivity index (χ2v) is 10.7. The summed E-state index contributed by atoms with van der Waals surface area (Å²) in [7, 11) is 2.19. The fourth-order valence-electron chi connectivity index (χ4n) is 5.85. The van der Waals surface area contributed by atoms with Crippen molar-refractivity contribution in [2.75, 3.05) is 39.8 Å². The minimum absolute atomic E-state index is 0.0324. The lowest BCUT2D eigenvalue weighted by Crippen LogP contribution is -2.47. The Kier molecular flexibility index (Phi) is 7.87. The molecule has 2 fully saturated rings. The Balaban J connectivity index is 1.23. The Morgan fingerprint density at radius 3 is 2.92 bits per heavy atom. The molecule has 0 radical (unpaired) electrons. The molecule has 2 aliphatic heterocycles. The number of ether oxygens (including phenoxy) is 1. The lowest BCUT2D eigenvalue weighted by molar-refractivity contribution is -0.127. The molecule has 5 rings (SSSR count). The van der Waals surface area contributed by atoms with E-state index < -0.39 is 0 Å². The Morgan fingerprint density at radius 2 is 2.11 bits per heavy atom. The minimum Gasteiger partial charge on any atom is -0.492 e. The zero-order valence-electron chi connectivity index (χ0n) is 21.6. The van der Waals surface area contributed by atoms with Gasteiger partial charge < -0.3 is 19.9 Å². The van der Waals surface area contributed by atoms with Gasteiger partial charge in [-0.1, -0.05) is 18.2 Å². The van der Waals surface area contributed by atoms with Crippen molar-refractivity contribution < 1.29 is 9.53 Å². The third-order valence-corrected chi connectivity index (χ3v) is 7.87. The highest BCUT2D eigenvalue weighted by Crippen LogP contribution is 2.27. The van der Waals surface area contributed by atoms with E-state index in [0.29, 0.717) is 12.6 Å². The van der Waals surface area contributed by atoms with Crippen molar-refractivity contribution in [3.63, 3.8) is 0 Å². The molecule has 0 spiro atoms. The normalized spacial score (nSPS) is 23.2. The number of nitrogens with one attached hydrogen (secondary N) is 2. The standard InChI is InChI=1S/C29H39N5O2/c1-21-9-10-26(16-31-21)36-20-22-14-23(29(35)30-12-11-25-6-5-13-33(25)2)18-34(17-22)19-24-15-32-28-8-4-3-7-27(24)28/h3-4,7-10,15-16,22-23,25,32H,5-6,11-14,17-20H2,1-2H3,(H,30,35)/t22-,23+,25?/m0/s1. The summed E-state index contributed by atoms with van der Waals surface area (Å²) in [4.78, 5) is 25.8. The average Bonchev–Trinajstić information content (AvgIpc) is 3.49. The SMILES string of the molecule is Cc1ccc(OC[C@H]2C[C@@H](C(=O)NCCC3CCCN3C)CN(Cc3c[nH]c4ccccc34)C2)cn1. The number of carbonyl (C=O) groups is 1. The van der Waals surface area contributed by atoms with E-state index >= 15 is 0 Å². The number of fused-ring (bicyclic) bond motifs is 1. The first-order valence-corrected chi connectivity index (χ1v) is 13.4. The molecule has 36 heavy (non-hydrogen) atoms. The zero-order chi connectivity index (χ0) is 24.9. The summed E-state index contributed by atoms with van der Waals surface area (Å²) in [6.07, 6.45) is 8.27. The molecule has 3 atom stereocenters. The number of likely N-dealkylation sites (tertiary alicyclic amines) is 2. The van der Waals surface area contributed by atoms with Gasteiger partial charge in [0.1, 0.15) is 5.75 Å². The van der Waals surface area contributed by atoms with Gasteiger partial charge in [-0.15, -0.1) is 0 Å². The lowest BCUT2D eigenvalue weighted by Gasteiger charge is -2.37. The van der Waals surface area contributed by atoms with Crippen LogP contribution in [0.4, 0.5) is 0 Å². The number of amides is 1. The number of piperidine rings is 1. The Bertz CT molecular complexity index is 1140. The molecule has 0 bridgehead atoms. The number of benzene rings is 1. The summed E-state index contributed by atoms with van der Waals surface area (Å²) >= 11 is 0. The van der Waals surface area contributed by atoms with Crippen LogP contribution in [0.15, 0.2) is 48.8 Å². The zero-order valence-corrected chi connectivity index (χ0v) is 21.6. The van der Waals surface area contributed by atoms with Gasteiger partial charge in [-0.3, -0.25) is 14.7 Å². The number of carbonyl (C=O) groups excluding carboxylic acids is 1. The molecule has 1 amide bonds. The van der Waals surface area contributed by atoms with Crippen LogP contribution in [0.25, 0.3) is 10.9 Å². The lowest BCUT2D eigenvalue weighted by atomic mass is 9.88. The van der Waals surface area contributed by atoms with E-state index in [2.05, 4.69) is 62.6 Å². The first-order chi connectivity index (χ1) is 17.5. The third-order valence-electron chi connectivity index (χ3n) is 7.87. The van der Waals surface area contributed by atoms with Gasteiger partial charge in [0.2, 0.25) is 5.91 Å². The number of nitrogens with zero attached hydrogens (tertiary/aromatic N) is 3. The van der Waals surface area contributed by atoms with Gasteiger partial charge in [0, 0.05) is 60.9 Å². The molecule has 0 aliphatic carbocycles. The number of H-pyrrole nitrogens is 1. The first-order valence-electron chi connectivity index (χ1n) is 13.4. The maximum atomic E-state index is 13.3. The number of pyridine rings is 1. The highest BCUT2D eigenvalue weighted by atomic mass is 16.5. The van der Waals surface area contributed by atoms with Crippen molar-refractivity contribution in [2.24, 2.45) is 11.8 Å². The van der Waals surface area contributed by atoms with Gasteiger partial charge in [0.05, 0.1) is 18.7 Å².